The zero-order valence-electron chi connectivity index (χ0n) is 12.7. The summed E-state index contributed by atoms with van der Waals surface area (Å²) in [4.78, 5) is 37.8. The third-order valence-corrected chi connectivity index (χ3v) is 3.70. The lowest BCUT2D eigenvalue weighted by Gasteiger charge is -2.34. The number of carbonyl (C=O) groups is 3. The van der Waals surface area contributed by atoms with Crippen LogP contribution in [0.25, 0.3) is 0 Å². The molecule has 3 rings (SSSR count). The Labute approximate surface area is 136 Å². The van der Waals surface area contributed by atoms with E-state index in [4.69, 9.17) is 11.2 Å². The van der Waals surface area contributed by atoms with Crippen molar-refractivity contribution in [3.05, 3.63) is 17.9 Å². The van der Waals surface area contributed by atoms with Gasteiger partial charge < -0.3 is 4.74 Å². The Kier molecular flexibility index (Phi) is 3.83. The lowest BCUT2D eigenvalue weighted by molar-refractivity contribution is -0.127. The van der Waals surface area contributed by atoms with Crippen molar-refractivity contribution in [1.29, 1.82) is 0 Å². The number of benzene rings is 1. The van der Waals surface area contributed by atoms with E-state index in [1.54, 1.807) is 0 Å². The molecule has 1 aromatic carbocycles. The minimum Gasteiger partial charge on any atom is -0.481 e. The van der Waals surface area contributed by atoms with Crippen LogP contribution >= 0.6 is 0 Å². The third-order valence-electron chi connectivity index (χ3n) is 3.70. The van der Waals surface area contributed by atoms with Gasteiger partial charge in [-0.3, -0.25) is 19.4 Å². The van der Waals surface area contributed by atoms with Gasteiger partial charge in [-0.05, 0) is 6.07 Å². The molecule has 1 fully saturated rings. The Hall–Kier alpha value is -3.12. The number of halogens is 1. The number of ether oxygens (including phenoxy) is 1. The molecule has 1 N–H and O–H groups in total. The highest BCUT2D eigenvalue weighted by Crippen LogP contribution is 2.37. The Morgan fingerprint density at radius 1 is 1.29 bits per heavy atom. The van der Waals surface area contributed by atoms with Gasteiger partial charge in [-0.2, -0.15) is 0 Å². The van der Waals surface area contributed by atoms with Gasteiger partial charge in [-0.25, -0.2) is 19.6 Å². The molecule has 2 aliphatic rings. The molecule has 0 bridgehead atoms. The van der Waals surface area contributed by atoms with Crippen molar-refractivity contribution in [3.63, 3.8) is 0 Å². The molecule has 4 amide bonds. The number of likely N-dealkylation sites (N-methyl/N-ethyl adjacent to an activating group) is 1. The van der Waals surface area contributed by atoms with Gasteiger partial charge in [0.2, 0.25) is 5.91 Å². The molecule has 8 nitrogen and oxygen atoms in total. The molecule has 0 aliphatic carbocycles. The number of urea groups is 1. The van der Waals surface area contributed by atoms with Gasteiger partial charge in [0.15, 0.2) is 12.4 Å². The maximum absolute atomic E-state index is 14.4. The first kappa shape index (κ1) is 15.8. The molecule has 2 aliphatic heterocycles. The molecule has 9 heteroatoms. The van der Waals surface area contributed by atoms with Crippen LogP contribution in [0.15, 0.2) is 12.1 Å². The van der Waals surface area contributed by atoms with Crippen LogP contribution in [0.2, 0.25) is 0 Å². The Bertz CT molecular complexity index is 788. The quantitative estimate of drug-likeness (QED) is 0.776. The summed E-state index contributed by atoms with van der Waals surface area (Å²) in [6.45, 7) is -0.423. The Morgan fingerprint density at radius 2 is 2.04 bits per heavy atom. The summed E-state index contributed by atoms with van der Waals surface area (Å²) in [6, 6.07) is 1.62. The van der Waals surface area contributed by atoms with E-state index in [2.05, 4.69) is 11.3 Å². The summed E-state index contributed by atoms with van der Waals surface area (Å²) in [5.41, 5.74) is 2.66. The average Bonchev–Trinajstić information content (AvgIpc) is 2.56. The summed E-state index contributed by atoms with van der Waals surface area (Å²) in [6.07, 6.45) is 5.27. The molecule has 24 heavy (non-hydrogen) atoms. The highest BCUT2D eigenvalue weighted by Gasteiger charge is 2.34. The number of carbonyl (C=O) groups excluding carboxylic acids is 3. The Morgan fingerprint density at radius 3 is 2.75 bits per heavy atom. The van der Waals surface area contributed by atoms with Crippen molar-refractivity contribution < 1.29 is 23.5 Å². The van der Waals surface area contributed by atoms with Crippen molar-refractivity contribution in [2.45, 2.75) is 0 Å². The SMILES string of the molecule is C#CCN1C(=O)COc2cc(F)c(N3NCC(=O)N(C)C3=O)cc21. The fraction of sp³-hybridized carbons (Fsp3) is 0.267. The molecule has 0 spiro atoms. The normalized spacial score (nSPS) is 17.5. The maximum atomic E-state index is 14.4. The molecule has 1 saturated heterocycles. The zero-order valence-corrected chi connectivity index (χ0v) is 12.7. The van der Waals surface area contributed by atoms with Gasteiger partial charge >= 0.3 is 6.03 Å². The fourth-order valence-electron chi connectivity index (χ4n) is 2.42. The highest BCUT2D eigenvalue weighted by atomic mass is 19.1. The van der Waals surface area contributed by atoms with Gasteiger partial charge in [0.1, 0.15) is 11.4 Å². The fourth-order valence-corrected chi connectivity index (χ4v) is 2.42. The summed E-state index contributed by atoms with van der Waals surface area (Å²) >= 11 is 0. The molecule has 0 saturated carbocycles. The van der Waals surface area contributed by atoms with Gasteiger partial charge in [0, 0.05) is 13.1 Å². The molecule has 1 aromatic rings. The van der Waals surface area contributed by atoms with E-state index in [9.17, 15) is 18.8 Å². The van der Waals surface area contributed by atoms with Crippen LogP contribution in [0.1, 0.15) is 0 Å². The number of nitrogens with one attached hydrogen (secondary N) is 1. The molecule has 0 unspecified atom stereocenters. The second-order valence-corrected chi connectivity index (χ2v) is 5.15. The number of rotatable bonds is 2. The lowest BCUT2D eigenvalue weighted by Crippen LogP contribution is -2.60. The molecular weight excluding hydrogens is 319 g/mol. The van der Waals surface area contributed by atoms with Crippen LogP contribution in [0, 0.1) is 18.2 Å². The van der Waals surface area contributed by atoms with E-state index in [0.29, 0.717) is 0 Å². The molecule has 2 heterocycles. The predicted molar refractivity (Wildman–Crippen MR) is 81.7 cm³/mol. The minimum atomic E-state index is -0.743. The van der Waals surface area contributed by atoms with Crippen molar-refractivity contribution in [3.8, 4) is 18.1 Å². The van der Waals surface area contributed by atoms with Crippen LogP contribution in [0.3, 0.4) is 0 Å². The molecule has 0 radical (unpaired) electrons. The number of nitrogens with zero attached hydrogens (tertiary/aromatic N) is 3. The molecule has 124 valence electrons. The first-order valence-corrected chi connectivity index (χ1v) is 6.98. The number of hydrazine groups is 1. The molecule has 0 aromatic heterocycles. The van der Waals surface area contributed by atoms with E-state index >= 15 is 0 Å². The van der Waals surface area contributed by atoms with Gasteiger partial charge in [-0.1, -0.05) is 5.92 Å². The van der Waals surface area contributed by atoms with E-state index in [0.717, 1.165) is 16.0 Å². The van der Waals surface area contributed by atoms with Crippen LogP contribution in [0.4, 0.5) is 20.6 Å². The van der Waals surface area contributed by atoms with Crippen LogP contribution in [-0.2, 0) is 9.59 Å². The number of hydrogen-bond donors (Lipinski definition) is 1. The number of imide groups is 1. The second kappa shape index (κ2) is 5.82. The summed E-state index contributed by atoms with van der Waals surface area (Å²) in [5, 5.41) is 0.907. The third kappa shape index (κ3) is 2.43. The standard InChI is InChI=1S/C15H13FN4O4/c1-3-4-19-11-6-10(9(16)5-12(11)24-8-14(19)22)20-15(23)18(2)13(21)7-17-20/h1,5-6,17H,4,7-8H2,2H3. The highest BCUT2D eigenvalue weighted by molar-refractivity contribution is 6.06. The first-order valence-electron chi connectivity index (χ1n) is 6.98. The molecule has 0 atom stereocenters. The zero-order chi connectivity index (χ0) is 17.4. The van der Waals surface area contributed by atoms with Gasteiger partial charge in [0.25, 0.3) is 5.91 Å². The Balaban J connectivity index is 2.04. The topological polar surface area (TPSA) is 82.2 Å². The van der Waals surface area contributed by atoms with Gasteiger partial charge in [0.05, 0.1) is 18.8 Å². The van der Waals surface area contributed by atoms with Crippen LogP contribution in [-0.4, -0.2) is 49.5 Å². The summed E-state index contributed by atoms with van der Waals surface area (Å²) in [5.74, 6) is 0.946. The number of hydrogen-bond acceptors (Lipinski definition) is 5. The number of anilines is 2. The van der Waals surface area contributed by atoms with Crippen molar-refractivity contribution in [2.24, 2.45) is 0 Å². The number of fused-ring (bicyclic) bond motifs is 1. The van der Waals surface area contributed by atoms with Crippen molar-refractivity contribution in [2.75, 3.05) is 36.7 Å². The first-order chi connectivity index (χ1) is 11.4. The smallest absolute Gasteiger partial charge is 0.345 e. The predicted octanol–water partition coefficient (Wildman–Crippen LogP) is 0.0873. The largest absolute Gasteiger partial charge is 0.481 e. The molecular formula is C15H13FN4O4. The average molecular weight is 332 g/mol. The summed E-state index contributed by atoms with van der Waals surface area (Å²) < 4.78 is 19.6. The minimum absolute atomic E-state index is 0.0139. The maximum Gasteiger partial charge on any atom is 0.345 e. The van der Waals surface area contributed by atoms with Crippen molar-refractivity contribution >= 4 is 29.2 Å². The van der Waals surface area contributed by atoms with E-state index in [1.807, 2.05) is 0 Å². The van der Waals surface area contributed by atoms with E-state index in [1.165, 1.54) is 18.0 Å². The van der Waals surface area contributed by atoms with Crippen LogP contribution < -0.4 is 20.1 Å². The van der Waals surface area contributed by atoms with Crippen molar-refractivity contribution in [1.82, 2.24) is 10.3 Å². The number of amides is 4. The van der Waals surface area contributed by atoms with Crippen LogP contribution in [0.5, 0.6) is 5.75 Å². The van der Waals surface area contributed by atoms with E-state index in [-0.39, 0.29) is 42.7 Å². The monoisotopic (exact) mass is 332 g/mol. The second-order valence-electron chi connectivity index (χ2n) is 5.15. The number of terminal acetylenes is 1. The lowest BCUT2D eigenvalue weighted by atomic mass is 10.2. The van der Waals surface area contributed by atoms with E-state index < -0.39 is 17.8 Å². The summed E-state index contributed by atoms with van der Waals surface area (Å²) in [7, 11) is 1.30. The van der Waals surface area contributed by atoms with Gasteiger partial charge in [-0.15, -0.1) is 6.42 Å².